The van der Waals surface area contributed by atoms with Crippen molar-refractivity contribution < 1.29 is 0 Å². The van der Waals surface area contributed by atoms with Gasteiger partial charge in [0.25, 0.3) is 0 Å². The minimum Gasteiger partial charge on any atom is -0.329 e. The Hall–Kier alpha value is -0.0900. The number of rotatable bonds is 7. The molecule has 1 atom stereocenters. The predicted molar refractivity (Wildman–Crippen MR) is 85.6 cm³/mol. The lowest BCUT2D eigenvalue weighted by Crippen LogP contribution is -2.36. The molecule has 2 nitrogen and oxygen atoms in total. The highest BCUT2D eigenvalue weighted by Gasteiger charge is 2.33. The fourth-order valence-corrected chi connectivity index (χ4v) is 2.96. The predicted octanol–water partition coefficient (Wildman–Crippen LogP) is 4.37. The summed E-state index contributed by atoms with van der Waals surface area (Å²) >= 11 is 9.66. The van der Waals surface area contributed by atoms with Crippen LogP contribution in [0.1, 0.15) is 44.2 Å². The first-order chi connectivity index (χ1) is 9.17. The summed E-state index contributed by atoms with van der Waals surface area (Å²) in [5.74, 6) is 0. The fourth-order valence-electron chi connectivity index (χ4n) is 2.52. The van der Waals surface area contributed by atoms with Crippen molar-refractivity contribution in [2.75, 3.05) is 13.1 Å². The van der Waals surface area contributed by atoms with Crippen LogP contribution in [-0.2, 0) is 0 Å². The number of halogens is 2. The van der Waals surface area contributed by atoms with E-state index in [-0.39, 0.29) is 0 Å². The van der Waals surface area contributed by atoms with Crippen LogP contribution < -0.4 is 5.73 Å². The molecule has 0 bridgehead atoms. The summed E-state index contributed by atoms with van der Waals surface area (Å²) in [6, 6.07) is 7.22. The Morgan fingerprint density at radius 3 is 2.74 bits per heavy atom. The van der Waals surface area contributed by atoms with E-state index in [0.717, 1.165) is 22.1 Å². The molecule has 2 N–H and O–H groups in total. The quantitative estimate of drug-likeness (QED) is 0.795. The molecule has 1 aliphatic carbocycles. The number of hydrogen-bond donors (Lipinski definition) is 1. The maximum atomic E-state index is 6.21. The number of hydrogen-bond acceptors (Lipinski definition) is 2. The van der Waals surface area contributed by atoms with E-state index in [1.54, 1.807) is 0 Å². The van der Waals surface area contributed by atoms with Crippen LogP contribution in [0.15, 0.2) is 22.7 Å². The largest absolute Gasteiger partial charge is 0.329 e. The number of nitrogens with two attached hydrogens (primary N) is 1. The molecule has 0 spiro atoms. The van der Waals surface area contributed by atoms with Gasteiger partial charge < -0.3 is 5.73 Å². The van der Waals surface area contributed by atoms with Crippen LogP contribution in [-0.4, -0.2) is 24.0 Å². The number of unbranched alkanes of at least 4 members (excludes halogenated alkanes) is 1. The van der Waals surface area contributed by atoms with Crippen LogP contribution in [0.3, 0.4) is 0 Å². The lowest BCUT2D eigenvalue weighted by molar-refractivity contribution is 0.188. The van der Waals surface area contributed by atoms with E-state index in [9.17, 15) is 0 Å². The van der Waals surface area contributed by atoms with Gasteiger partial charge in [0.05, 0.1) is 5.02 Å². The van der Waals surface area contributed by atoms with E-state index in [1.165, 1.54) is 31.2 Å². The molecule has 0 radical (unpaired) electrons. The summed E-state index contributed by atoms with van der Waals surface area (Å²) in [5, 5.41) is 0.766. The topological polar surface area (TPSA) is 29.3 Å². The van der Waals surface area contributed by atoms with Gasteiger partial charge in [-0.3, -0.25) is 4.90 Å². The number of benzene rings is 1. The molecule has 2 rings (SSSR count). The minimum atomic E-state index is 0.296. The summed E-state index contributed by atoms with van der Waals surface area (Å²) < 4.78 is 0.945. The highest BCUT2D eigenvalue weighted by molar-refractivity contribution is 9.10. The van der Waals surface area contributed by atoms with Crippen LogP contribution in [0.2, 0.25) is 5.02 Å². The summed E-state index contributed by atoms with van der Waals surface area (Å²) in [5.41, 5.74) is 7.27. The Bertz CT molecular complexity index is 421. The van der Waals surface area contributed by atoms with Crippen molar-refractivity contribution in [3.05, 3.63) is 33.3 Å². The fraction of sp³-hybridized carbons (Fsp3) is 0.600. The molecule has 4 heteroatoms. The molecule has 0 saturated heterocycles. The van der Waals surface area contributed by atoms with Crippen molar-refractivity contribution in [1.29, 1.82) is 0 Å². The van der Waals surface area contributed by atoms with E-state index < -0.39 is 0 Å². The molecule has 19 heavy (non-hydrogen) atoms. The zero-order chi connectivity index (χ0) is 13.8. The van der Waals surface area contributed by atoms with E-state index in [2.05, 4.69) is 33.8 Å². The van der Waals surface area contributed by atoms with Gasteiger partial charge in [-0.25, -0.2) is 0 Å². The standard InChI is InChI=1S/C15H22BrClN2/c1-2-3-8-19(12-5-6-12)15(10-18)11-4-7-13(16)14(17)9-11/h4,7,9,12,15H,2-3,5-6,8,10,18H2,1H3. The van der Waals surface area contributed by atoms with Crippen molar-refractivity contribution in [1.82, 2.24) is 4.90 Å². The molecule has 106 valence electrons. The third-order valence-corrected chi connectivity index (χ3v) is 4.97. The van der Waals surface area contributed by atoms with Crippen molar-refractivity contribution in [2.24, 2.45) is 5.73 Å². The molecule has 1 saturated carbocycles. The highest BCUT2D eigenvalue weighted by atomic mass is 79.9. The van der Waals surface area contributed by atoms with Gasteiger partial charge in [-0.05, 0) is 59.4 Å². The Labute approximate surface area is 129 Å². The van der Waals surface area contributed by atoms with Gasteiger partial charge in [-0.2, -0.15) is 0 Å². The average molecular weight is 346 g/mol. The molecule has 0 heterocycles. The lowest BCUT2D eigenvalue weighted by Gasteiger charge is -2.31. The van der Waals surface area contributed by atoms with E-state index in [0.29, 0.717) is 12.6 Å². The maximum Gasteiger partial charge on any atom is 0.0551 e. The lowest BCUT2D eigenvalue weighted by atomic mass is 10.0. The molecule has 1 fully saturated rings. The first-order valence-electron chi connectivity index (χ1n) is 7.08. The Balaban J connectivity index is 2.17. The van der Waals surface area contributed by atoms with Crippen LogP contribution >= 0.6 is 27.5 Å². The molecule has 0 aliphatic heterocycles. The van der Waals surface area contributed by atoms with Crippen LogP contribution in [0.25, 0.3) is 0 Å². The van der Waals surface area contributed by atoms with Crippen LogP contribution in [0, 0.1) is 0 Å². The smallest absolute Gasteiger partial charge is 0.0551 e. The Morgan fingerprint density at radius 2 is 2.21 bits per heavy atom. The third kappa shape index (κ3) is 3.94. The zero-order valence-corrected chi connectivity index (χ0v) is 13.8. The first kappa shape index (κ1) is 15.3. The van der Waals surface area contributed by atoms with Crippen LogP contribution in [0.5, 0.6) is 0 Å². The van der Waals surface area contributed by atoms with Crippen molar-refractivity contribution in [3.8, 4) is 0 Å². The molecule has 1 aromatic carbocycles. The van der Waals surface area contributed by atoms with E-state index in [1.807, 2.05) is 12.1 Å². The summed E-state index contributed by atoms with van der Waals surface area (Å²) in [7, 11) is 0. The Morgan fingerprint density at radius 1 is 1.47 bits per heavy atom. The van der Waals surface area contributed by atoms with Crippen LogP contribution in [0.4, 0.5) is 0 Å². The summed E-state index contributed by atoms with van der Waals surface area (Å²) in [6.07, 6.45) is 5.08. The minimum absolute atomic E-state index is 0.296. The molecule has 1 unspecified atom stereocenters. The van der Waals surface area contributed by atoms with Gasteiger partial charge in [-0.15, -0.1) is 0 Å². The summed E-state index contributed by atoms with van der Waals surface area (Å²) in [6.45, 7) is 4.02. The maximum absolute atomic E-state index is 6.21. The van der Waals surface area contributed by atoms with Gasteiger partial charge >= 0.3 is 0 Å². The average Bonchev–Trinajstić information content (AvgIpc) is 3.22. The van der Waals surface area contributed by atoms with E-state index >= 15 is 0 Å². The van der Waals surface area contributed by atoms with Crippen molar-refractivity contribution >= 4 is 27.5 Å². The third-order valence-electron chi connectivity index (χ3n) is 3.74. The molecule has 0 amide bonds. The van der Waals surface area contributed by atoms with Crippen molar-refractivity contribution in [3.63, 3.8) is 0 Å². The first-order valence-corrected chi connectivity index (χ1v) is 8.25. The number of nitrogens with zero attached hydrogens (tertiary/aromatic N) is 1. The van der Waals surface area contributed by atoms with Gasteiger partial charge in [0.2, 0.25) is 0 Å². The molecule has 0 aromatic heterocycles. The normalized spacial score (nSPS) is 16.9. The zero-order valence-electron chi connectivity index (χ0n) is 11.4. The second-order valence-electron chi connectivity index (χ2n) is 5.25. The molecule has 1 aromatic rings. The molecular weight excluding hydrogens is 324 g/mol. The molecule has 1 aliphatic rings. The highest BCUT2D eigenvalue weighted by Crippen LogP contribution is 2.36. The Kier molecular flexibility index (Phi) is 5.70. The SMILES string of the molecule is CCCCN(C1CC1)C(CN)c1ccc(Br)c(Cl)c1. The second kappa shape index (κ2) is 7.07. The van der Waals surface area contributed by atoms with Gasteiger partial charge in [0.1, 0.15) is 0 Å². The van der Waals surface area contributed by atoms with Crippen molar-refractivity contribution in [2.45, 2.75) is 44.7 Å². The monoisotopic (exact) mass is 344 g/mol. The molecular formula is C15H22BrClN2. The van der Waals surface area contributed by atoms with E-state index in [4.69, 9.17) is 17.3 Å². The summed E-state index contributed by atoms with van der Waals surface area (Å²) in [4.78, 5) is 2.57. The van der Waals surface area contributed by atoms with Gasteiger partial charge in [-0.1, -0.05) is 31.0 Å². The van der Waals surface area contributed by atoms with Gasteiger partial charge in [0.15, 0.2) is 0 Å². The van der Waals surface area contributed by atoms with Gasteiger partial charge in [0, 0.05) is 23.1 Å². The second-order valence-corrected chi connectivity index (χ2v) is 6.51.